The van der Waals surface area contributed by atoms with Crippen molar-refractivity contribution in [1.82, 2.24) is 14.8 Å². The van der Waals surface area contributed by atoms with Crippen LogP contribution >= 0.6 is 0 Å². The van der Waals surface area contributed by atoms with Crippen molar-refractivity contribution in [2.45, 2.75) is 24.9 Å². The van der Waals surface area contributed by atoms with Crippen LogP contribution < -0.4 is 0 Å². The summed E-state index contributed by atoms with van der Waals surface area (Å²) in [6.45, 7) is 0.394. The number of carbonyl (C=O) groups is 2. The number of hydrogen-bond acceptors (Lipinski definition) is 2. The van der Waals surface area contributed by atoms with E-state index in [-0.39, 0.29) is 18.0 Å². The second kappa shape index (κ2) is 7.38. The zero-order chi connectivity index (χ0) is 21.7. The molecule has 0 bridgehead atoms. The molecule has 158 valence electrons. The minimum atomic E-state index is -0.477. The van der Waals surface area contributed by atoms with Crippen molar-refractivity contribution in [2.75, 3.05) is 6.54 Å². The zero-order valence-electron chi connectivity index (χ0n) is 17.6. The standard InChI is InChI=1S/C27H23N3O2/c31-26-23-17-21-20-13-7-8-14-22(20)28-24(21)25(19-11-5-2-6-12-19)30(23)27(32)29(26)16-15-18-9-3-1-4-10-18/h1-14,23,25,28H,15-17H2/t23-,25+/m1/s1. The molecule has 3 amide bonds. The lowest BCUT2D eigenvalue weighted by Gasteiger charge is -2.36. The largest absolute Gasteiger partial charge is 0.356 e. The van der Waals surface area contributed by atoms with Crippen molar-refractivity contribution in [3.05, 3.63) is 107 Å². The minimum Gasteiger partial charge on any atom is -0.356 e. The Balaban J connectivity index is 1.42. The Morgan fingerprint density at radius 2 is 1.53 bits per heavy atom. The monoisotopic (exact) mass is 421 g/mol. The van der Waals surface area contributed by atoms with E-state index in [4.69, 9.17) is 0 Å². The second-order valence-corrected chi connectivity index (χ2v) is 8.51. The van der Waals surface area contributed by atoms with Crippen LogP contribution in [0.3, 0.4) is 0 Å². The fourth-order valence-electron chi connectivity index (χ4n) is 5.20. The number of nitrogens with zero attached hydrogens (tertiary/aromatic N) is 2. The smallest absolute Gasteiger partial charge is 0.328 e. The van der Waals surface area contributed by atoms with E-state index in [1.54, 1.807) is 4.90 Å². The van der Waals surface area contributed by atoms with Crippen molar-refractivity contribution in [3.8, 4) is 0 Å². The van der Waals surface area contributed by atoms with E-state index >= 15 is 0 Å². The number of nitrogens with one attached hydrogen (secondary N) is 1. The van der Waals surface area contributed by atoms with Crippen molar-refractivity contribution < 1.29 is 9.59 Å². The Morgan fingerprint density at radius 3 is 2.31 bits per heavy atom. The van der Waals surface area contributed by atoms with Crippen LogP contribution in [0.2, 0.25) is 0 Å². The molecule has 2 atom stereocenters. The van der Waals surface area contributed by atoms with Crippen LogP contribution in [-0.4, -0.2) is 39.3 Å². The van der Waals surface area contributed by atoms with Gasteiger partial charge in [-0.15, -0.1) is 0 Å². The van der Waals surface area contributed by atoms with Gasteiger partial charge in [-0.3, -0.25) is 14.6 Å². The lowest BCUT2D eigenvalue weighted by molar-refractivity contribution is -0.128. The number of hydrogen-bond donors (Lipinski definition) is 1. The number of urea groups is 1. The highest BCUT2D eigenvalue weighted by Gasteiger charge is 2.52. The molecule has 1 aromatic heterocycles. The van der Waals surface area contributed by atoms with E-state index in [2.05, 4.69) is 17.1 Å². The Morgan fingerprint density at radius 1 is 0.844 bits per heavy atom. The molecule has 1 N–H and O–H groups in total. The van der Waals surface area contributed by atoms with Crippen molar-refractivity contribution in [1.29, 1.82) is 0 Å². The molecule has 32 heavy (non-hydrogen) atoms. The Kier molecular flexibility index (Phi) is 4.35. The number of imide groups is 1. The summed E-state index contributed by atoms with van der Waals surface area (Å²) in [6.07, 6.45) is 1.19. The van der Waals surface area contributed by atoms with Crippen LogP contribution in [0, 0.1) is 0 Å². The van der Waals surface area contributed by atoms with Gasteiger partial charge in [-0.2, -0.15) is 0 Å². The van der Waals surface area contributed by atoms with Gasteiger partial charge in [0.15, 0.2) is 0 Å². The molecule has 6 rings (SSSR count). The Labute approximate surface area is 186 Å². The molecular formula is C27H23N3O2. The van der Waals surface area contributed by atoms with Crippen LogP contribution in [0.15, 0.2) is 84.9 Å². The van der Waals surface area contributed by atoms with Gasteiger partial charge in [-0.1, -0.05) is 78.9 Å². The SMILES string of the molecule is O=C1[C@H]2Cc3c([nH]c4ccccc34)[C@H](c3ccccc3)N2C(=O)N1CCc1ccccc1. The van der Waals surface area contributed by atoms with Crippen molar-refractivity contribution >= 4 is 22.8 Å². The number of amides is 3. The van der Waals surface area contributed by atoms with Gasteiger partial charge in [0.1, 0.15) is 12.1 Å². The lowest BCUT2D eigenvalue weighted by atomic mass is 9.89. The molecule has 2 aliphatic rings. The number of benzene rings is 3. The molecule has 0 radical (unpaired) electrons. The van der Waals surface area contributed by atoms with Crippen molar-refractivity contribution in [2.24, 2.45) is 0 Å². The van der Waals surface area contributed by atoms with Crippen LogP contribution in [0.5, 0.6) is 0 Å². The number of H-pyrrole nitrogens is 1. The lowest BCUT2D eigenvalue weighted by Crippen LogP contribution is -2.44. The first-order valence-corrected chi connectivity index (χ1v) is 11.0. The Hall–Kier alpha value is -3.86. The summed E-state index contributed by atoms with van der Waals surface area (Å²) in [6, 6.07) is 27.2. The predicted octanol–water partition coefficient (Wildman–Crippen LogP) is 4.69. The fourth-order valence-corrected chi connectivity index (χ4v) is 5.20. The number of fused-ring (bicyclic) bond motifs is 4. The first-order valence-electron chi connectivity index (χ1n) is 11.0. The molecule has 3 aromatic carbocycles. The van der Waals surface area contributed by atoms with Gasteiger partial charge >= 0.3 is 6.03 Å². The van der Waals surface area contributed by atoms with Crippen LogP contribution in [0.4, 0.5) is 4.79 Å². The van der Waals surface area contributed by atoms with Gasteiger partial charge < -0.3 is 4.98 Å². The van der Waals surface area contributed by atoms with Gasteiger partial charge in [0, 0.05) is 29.6 Å². The van der Waals surface area contributed by atoms with E-state index in [9.17, 15) is 9.59 Å². The third-order valence-corrected chi connectivity index (χ3v) is 6.72. The molecule has 3 heterocycles. The van der Waals surface area contributed by atoms with Crippen LogP contribution in [-0.2, 0) is 17.6 Å². The maximum atomic E-state index is 13.6. The first-order chi connectivity index (χ1) is 15.7. The number of para-hydroxylation sites is 1. The summed E-state index contributed by atoms with van der Waals surface area (Å²) in [7, 11) is 0. The molecule has 1 fully saturated rings. The average molecular weight is 422 g/mol. The molecule has 4 aromatic rings. The van der Waals surface area contributed by atoms with E-state index < -0.39 is 6.04 Å². The molecule has 0 unspecified atom stereocenters. The summed E-state index contributed by atoms with van der Waals surface area (Å²) >= 11 is 0. The topological polar surface area (TPSA) is 56.4 Å². The zero-order valence-corrected chi connectivity index (χ0v) is 17.6. The third-order valence-electron chi connectivity index (χ3n) is 6.72. The quantitative estimate of drug-likeness (QED) is 0.486. The minimum absolute atomic E-state index is 0.0946. The third kappa shape index (κ3) is 2.85. The van der Waals surface area contributed by atoms with E-state index in [1.165, 1.54) is 4.90 Å². The molecular weight excluding hydrogens is 398 g/mol. The number of aromatic amines is 1. The predicted molar refractivity (Wildman–Crippen MR) is 123 cm³/mol. The van der Waals surface area contributed by atoms with E-state index in [0.717, 1.165) is 33.3 Å². The number of rotatable bonds is 4. The molecule has 2 aliphatic heterocycles. The summed E-state index contributed by atoms with van der Waals surface area (Å²) in [5.74, 6) is -0.0946. The maximum absolute atomic E-state index is 13.6. The average Bonchev–Trinajstić information content (AvgIpc) is 3.32. The summed E-state index contributed by atoms with van der Waals surface area (Å²) in [5, 5.41) is 1.13. The van der Waals surface area contributed by atoms with Gasteiger partial charge in [-0.25, -0.2) is 4.79 Å². The summed E-state index contributed by atoms with van der Waals surface area (Å²) in [5.41, 5.74) is 5.33. The summed E-state index contributed by atoms with van der Waals surface area (Å²) < 4.78 is 0. The molecule has 5 heteroatoms. The van der Waals surface area contributed by atoms with Gasteiger partial charge in [0.05, 0.1) is 0 Å². The first kappa shape index (κ1) is 18.9. The Bertz CT molecular complexity index is 1310. The normalized spacial score (nSPS) is 20.0. The molecule has 1 saturated heterocycles. The number of carbonyl (C=O) groups excluding carboxylic acids is 2. The highest BCUT2D eigenvalue weighted by Crippen LogP contribution is 2.43. The van der Waals surface area contributed by atoms with Crippen molar-refractivity contribution in [3.63, 3.8) is 0 Å². The van der Waals surface area contributed by atoms with Crippen LogP contribution in [0.1, 0.15) is 28.4 Å². The summed E-state index contributed by atoms with van der Waals surface area (Å²) in [4.78, 5) is 33.9. The highest BCUT2D eigenvalue weighted by molar-refractivity contribution is 6.05. The molecule has 0 aliphatic carbocycles. The second-order valence-electron chi connectivity index (χ2n) is 8.51. The maximum Gasteiger partial charge on any atom is 0.328 e. The van der Waals surface area contributed by atoms with Gasteiger partial charge in [-0.05, 0) is 29.2 Å². The highest BCUT2D eigenvalue weighted by atomic mass is 16.2. The molecule has 5 nitrogen and oxygen atoms in total. The fraction of sp³-hybridized carbons (Fsp3) is 0.185. The van der Waals surface area contributed by atoms with Gasteiger partial charge in [0.25, 0.3) is 5.91 Å². The van der Waals surface area contributed by atoms with E-state index in [0.29, 0.717) is 19.4 Å². The van der Waals surface area contributed by atoms with Crippen LogP contribution in [0.25, 0.3) is 10.9 Å². The number of aromatic nitrogens is 1. The molecule has 0 spiro atoms. The van der Waals surface area contributed by atoms with E-state index in [1.807, 2.05) is 72.8 Å². The molecule has 0 saturated carbocycles. The van der Waals surface area contributed by atoms with Gasteiger partial charge in [0.2, 0.25) is 0 Å².